The number of rotatable bonds is 8. The number of hydrogen-bond donors (Lipinski definition) is 1. The highest BCUT2D eigenvalue weighted by Gasteiger charge is 2.25. The molecule has 1 saturated carbocycles. The molecule has 138 valence electrons. The van der Waals surface area contributed by atoms with Gasteiger partial charge in [0.05, 0.1) is 6.54 Å². The highest BCUT2D eigenvalue weighted by Crippen LogP contribution is 2.25. The summed E-state index contributed by atoms with van der Waals surface area (Å²) in [6.45, 7) is 9.32. The van der Waals surface area contributed by atoms with Gasteiger partial charge in [-0.25, -0.2) is 9.48 Å². The van der Waals surface area contributed by atoms with Gasteiger partial charge in [-0.3, -0.25) is 4.40 Å². The third kappa shape index (κ3) is 4.30. The van der Waals surface area contributed by atoms with Crippen LogP contribution in [-0.4, -0.2) is 51.3 Å². The molecular formula is C19H31N5O. The lowest BCUT2D eigenvalue weighted by Crippen LogP contribution is -2.45. The molecule has 1 aliphatic carbocycles. The highest BCUT2D eigenvalue weighted by molar-refractivity contribution is 5.35. The van der Waals surface area contributed by atoms with E-state index >= 15 is 0 Å². The molecule has 0 aromatic carbocycles. The van der Waals surface area contributed by atoms with Crippen molar-refractivity contribution < 1.29 is 0 Å². The van der Waals surface area contributed by atoms with E-state index in [1.807, 2.05) is 18.2 Å². The molecule has 2 aromatic heterocycles. The summed E-state index contributed by atoms with van der Waals surface area (Å²) in [4.78, 5) is 14.9. The molecule has 6 nitrogen and oxygen atoms in total. The maximum absolute atomic E-state index is 12.3. The number of nitrogens with one attached hydrogen (secondary N) is 1. The molecule has 6 heteroatoms. The van der Waals surface area contributed by atoms with Crippen LogP contribution in [0.3, 0.4) is 0 Å². The van der Waals surface area contributed by atoms with Crippen molar-refractivity contribution in [2.75, 3.05) is 26.2 Å². The first-order valence-corrected chi connectivity index (χ1v) is 9.72. The molecule has 0 saturated heterocycles. The van der Waals surface area contributed by atoms with Crippen LogP contribution in [0.1, 0.15) is 39.5 Å². The third-order valence-corrected chi connectivity index (χ3v) is 5.51. The summed E-state index contributed by atoms with van der Waals surface area (Å²) in [5.41, 5.74) is 0.658. The molecule has 0 unspecified atom stereocenters. The van der Waals surface area contributed by atoms with Crippen molar-refractivity contribution in [2.24, 2.45) is 5.92 Å². The number of aromatic nitrogens is 3. The van der Waals surface area contributed by atoms with E-state index in [0.29, 0.717) is 24.2 Å². The Morgan fingerprint density at radius 1 is 1.24 bits per heavy atom. The standard InChI is InChI=1S/C19H31N5O/c1-3-22(4-2)15-16-9-5-6-10-17(16)20-12-14-24-19(25)23-13-8-7-11-18(23)21-24/h7-8,11,13,16-17,20H,3-6,9-10,12,14-15H2,1-2H3/t16-,17+/m1/s1. The maximum Gasteiger partial charge on any atom is 0.350 e. The number of pyridine rings is 1. The van der Waals surface area contributed by atoms with Gasteiger partial charge in [-0.15, -0.1) is 5.10 Å². The van der Waals surface area contributed by atoms with E-state index in [1.54, 1.807) is 15.3 Å². The second-order valence-corrected chi connectivity index (χ2v) is 7.03. The summed E-state index contributed by atoms with van der Waals surface area (Å²) in [7, 11) is 0. The molecule has 25 heavy (non-hydrogen) atoms. The normalized spacial score (nSPS) is 21.2. The molecule has 2 atom stereocenters. The molecule has 3 rings (SSSR count). The van der Waals surface area contributed by atoms with Crippen LogP contribution in [0, 0.1) is 5.92 Å². The summed E-state index contributed by atoms with van der Waals surface area (Å²) in [5, 5.41) is 8.12. The van der Waals surface area contributed by atoms with E-state index in [2.05, 4.69) is 29.2 Å². The SMILES string of the molecule is CCN(CC)C[C@H]1CCCC[C@@H]1NCCn1nc2ccccn2c1=O. The van der Waals surface area contributed by atoms with Gasteiger partial charge in [0.15, 0.2) is 5.65 Å². The van der Waals surface area contributed by atoms with E-state index in [0.717, 1.165) is 19.6 Å². The first-order chi connectivity index (χ1) is 12.2. The minimum atomic E-state index is -0.0549. The molecule has 0 bridgehead atoms. The summed E-state index contributed by atoms with van der Waals surface area (Å²) in [6, 6.07) is 6.19. The van der Waals surface area contributed by atoms with Gasteiger partial charge >= 0.3 is 5.69 Å². The second kappa shape index (κ2) is 8.63. The van der Waals surface area contributed by atoms with Crippen LogP contribution in [0.5, 0.6) is 0 Å². The molecule has 0 radical (unpaired) electrons. The van der Waals surface area contributed by atoms with Crippen molar-refractivity contribution in [3.63, 3.8) is 0 Å². The smallest absolute Gasteiger partial charge is 0.312 e. The molecule has 1 N–H and O–H groups in total. The zero-order valence-electron chi connectivity index (χ0n) is 15.5. The van der Waals surface area contributed by atoms with Crippen LogP contribution >= 0.6 is 0 Å². The van der Waals surface area contributed by atoms with Gasteiger partial charge < -0.3 is 10.2 Å². The fourth-order valence-corrected chi connectivity index (χ4v) is 3.98. The van der Waals surface area contributed by atoms with Crippen LogP contribution in [-0.2, 0) is 6.54 Å². The van der Waals surface area contributed by atoms with Crippen molar-refractivity contribution in [3.8, 4) is 0 Å². The largest absolute Gasteiger partial charge is 0.350 e. The minimum absolute atomic E-state index is 0.0549. The summed E-state index contributed by atoms with van der Waals surface area (Å²) in [5.74, 6) is 0.714. The van der Waals surface area contributed by atoms with Crippen LogP contribution in [0.2, 0.25) is 0 Å². The van der Waals surface area contributed by atoms with E-state index in [4.69, 9.17) is 0 Å². The van der Waals surface area contributed by atoms with Crippen LogP contribution < -0.4 is 11.0 Å². The van der Waals surface area contributed by atoms with Crippen molar-refractivity contribution >= 4 is 5.65 Å². The van der Waals surface area contributed by atoms with Crippen molar-refractivity contribution in [1.29, 1.82) is 0 Å². The maximum atomic E-state index is 12.3. The molecule has 0 spiro atoms. The highest BCUT2D eigenvalue weighted by atomic mass is 16.2. The number of fused-ring (bicyclic) bond motifs is 1. The third-order valence-electron chi connectivity index (χ3n) is 5.51. The van der Waals surface area contributed by atoms with Gasteiger partial charge in [-0.2, -0.15) is 0 Å². The topological polar surface area (TPSA) is 54.6 Å². The number of hydrogen-bond acceptors (Lipinski definition) is 4. The summed E-state index contributed by atoms with van der Waals surface area (Å²) >= 11 is 0. The average Bonchev–Trinajstić information content (AvgIpc) is 2.97. The Labute approximate surface area is 149 Å². The van der Waals surface area contributed by atoms with Gasteiger partial charge in [0.1, 0.15) is 0 Å². The number of nitrogens with zero attached hydrogens (tertiary/aromatic N) is 4. The van der Waals surface area contributed by atoms with E-state index in [-0.39, 0.29) is 5.69 Å². The molecule has 0 amide bonds. The van der Waals surface area contributed by atoms with Crippen molar-refractivity contribution in [2.45, 2.75) is 52.1 Å². The van der Waals surface area contributed by atoms with E-state index < -0.39 is 0 Å². The van der Waals surface area contributed by atoms with Crippen molar-refractivity contribution in [1.82, 2.24) is 24.4 Å². The zero-order valence-corrected chi connectivity index (χ0v) is 15.5. The first-order valence-electron chi connectivity index (χ1n) is 9.72. The predicted molar refractivity (Wildman–Crippen MR) is 101 cm³/mol. The summed E-state index contributed by atoms with van der Waals surface area (Å²) in [6.07, 6.45) is 6.97. The van der Waals surface area contributed by atoms with Gasteiger partial charge in [0.2, 0.25) is 0 Å². The van der Waals surface area contributed by atoms with Crippen molar-refractivity contribution in [3.05, 3.63) is 34.9 Å². The van der Waals surface area contributed by atoms with Crippen LogP contribution in [0.25, 0.3) is 5.65 Å². The Morgan fingerprint density at radius 3 is 2.80 bits per heavy atom. The monoisotopic (exact) mass is 345 g/mol. The zero-order chi connectivity index (χ0) is 17.6. The fraction of sp³-hybridized carbons (Fsp3) is 0.684. The van der Waals surface area contributed by atoms with Gasteiger partial charge in [0, 0.05) is 25.3 Å². The molecular weight excluding hydrogens is 314 g/mol. The quantitative estimate of drug-likeness (QED) is 0.795. The Bertz CT molecular complexity index is 718. The van der Waals surface area contributed by atoms with E-state index in [9.17, 15) is 4.79 Å². The minimum Gasteiger partial charge on any atom is -0.312 e. The fourth-order valence-electron chi connectivity index (χ4n) is 3.98. The van der Waals surface area contributed by atoms with Gasteiger partial charge in [-0.05, 0) is 44.0 Å². The lowest BCUT2D eigenvalue weighted by molar-refractivity contribution is 0.176. The summed E-state index contributed by atoms with van der Waals surface area (Å²) < 4.78 is 3.17. The molecule has 1 aliphatic rings. The lowest BCUT2D eigenvalue weighted by atomic mass is 9.84. The Kier molecular flexibility index (Phi) is 6.26. The lowest BCUT2D eigenvalue weighted by Gasteiger charge is -2.35. The Balaban J connectivity index is 1.57. The molecule has 2 aromatic rings. The van der Waals surface area contributed by atoms with Gasteiger partial charge in [0.25, 0.3) is 0 Å². The Hall–Kier alpha value is -1.66. The average molecular weight is 345 g/mol. The van der Waals surface area contributed by atoms with Gasteiger partial charge in [-0.1, -0.05) is 32.8 Å². The molecule has 1 fully saturated rings. The predicted octanol–water partition coefficient (Wildman–Crippen LogP) is 1.99. The first kappa shape index (κ1) is 18.1. The molecule has 0 aliphatic heterocycles. The molecule has 2 heterocycles. The van der Waals surface area contributed by atoms with Crippen LogP contribution in [0.15, 0.2) is 29.2 Å². The second-order valence-electron chi connectivity index (χ2n) is 7.03. The Morgan fingerprint density at radius 2 is 2.04 bits per heavy atom. The van der Waals surface area contributed by atoms with Crippen LogP contribution in [0.4, 0.5) is 0 Å². The van der Waals surface area contributed by atoms with E-state index in [1.165, 1.54) is 32.2 Å².